The molecular weight excluding hydrogens is 330 g/mol. The van der Waals surface area contributed by atoms with Crippen LogP contribution >= 0.6 is 0 Å². The number of benzene rings is 1. The number of hydrogen-bond donors (Lipinski definition) is 1. The molecule has 1 fully saturated rings. The number of halogens is 2. The predicted molar refractivity (Wildman–Crippen MR) is 91.4 cm³/mol. The van der Waals surface area contributed by atoms with Crippen molar-refractivity contribution in [2.75, 3.05) is 18.0 Å². The molecule has 0 atom stereocenters. The molecule has 1 aromatic carbocycles. The van der Waals surface area contributed by atoms with Gasteiger partial charge in [-0.1, -0.05) is 6.92 Å². The Morgan fingerprint density at radius 1 is 1.32 bits per heavy atom. The Kier molecular flexibility index (Phi) is 4.49. The topological polar surface area (TPSA) is 62.5 Å². The van der Waals surface area contributed by atoms with Crippen LogP contribution in [0.3, 0.4) is 0 Å². The molecule has 3 rings (SSSR count). The molecule has 5 nitrogen and oxygen atoms in total. The van der Waals surface area contributed by atoms with E-state index in [9.17, 15) is 14.0 Å². The molecule has 1 N–H and O–H groups in total. The number of nitrogens with zero attached hydrogens (tertiary/aromatic N) is 2. The van der Waals surface area contributed by atoms with Gasteiger partial charge in [0, 0.05) is 25.8 Å². The number of fused-ring (bicyclic) bond motifs is 1. The van der Waals surface area contributed by atoms with E-state index in [1.165, 1.54) is 4.57 Å². The Balaban J connectivity index is 2.28. The van der Waals surface area contributed by atoms with Crippen LogP contribution in [-0.2, 0) is 6.54 Å². The summed E-state index contributed by atoms with van der Waals surface area (Å²) in [6.45, 7) is 5.16. The number of piperidine rings is 1. The van der Waals surface area contributed by atoms with Crippen molar-refractivity contribution in [2.45, 2.75) is 33.2 Å². The van der Waals surface area contributed by atoms with Crippen LogP contribution in [0.1, 0.15) is 37.0 Å². The van der Waals surface area contributed by atoms with E-state index in [0.29, 0.717) is 19.0 Å². The summed E-state index contributed by atoms with van der Waals surface area (Å²) >= 11 is 0. The monoisotopic (exact) mass is 350 g/mol. The number of anilines is 1. The molecule has 2 aromatic rings. The Morgan fingerprint density at radius 2 is 1.96 bits per heavy atom. The second-order valence-corrected chi connectivity index (χ2v) is 6.55. The second-order valence-electron chi connectivity index (χ2n) is 6.55. The van der Waals surface area contributed by atoms with E-state index < -0.39 is 28.6 Å². The van der Waals surface area contributed by atoms with Gasteiger partial charge in [-0.15, -0.1) is 0 Å². The Labute approximate surface area is 143 Å². The number of carboxylic acid groups (broad SMARTS) is 1. The molecule has 0 aliphatic carbocycles. The zero-order chi connectivity index (χ0) is 18.3. The number of carboxylic acids is 1. The van der Waals surface area contributed by atoms with E-state index in [-0.39, 0.29) is 23.1 Å². The highest BCUT2D eigenvalue weighted by molar-refractivity contribution is 5.93. The molecule has 0 spiro atoms. The first-order valence-corrected chi connectivity index (χ1v) is 8.38. The van der Waals surface area contributed by atoms with Crippen molar-refractivity contribution < 1.29 is 18.7 Å². The third kappa shape index (κ3) is 2.88. The minimum Gasteiger partial charge on any atom is -0.477 e. The number of aromatic carboxylic acids is 1. The summed E-state index contributed by atoms with van der Waals surface area (Å²) in [5.41, 5.74) is -1.55. The standard InChI is InChI=1S/C18H20F2N2O3/c1-3-21-9-12(18(24)25)17(23)11-8-13(19)16(14(20)15(11)21)22-6-4-10(2)5-7-22/h8-10H,3-7H2,1-2H3,(H,24,25). The fraction of sp³-hybridized carbons (Fsp3) is 0.444. The zero-order valence-electron chi connectivity index (χ0n) is 14.2. The molecule has 1 saturated heterocycles. The smallest absolute Gasteiger partial charge is 0.341 e. The largest absolute Gasteiger partial charge is 0.477 e. The Morgan fingerprint density at radius 3 is 2.52 bits per heavy atom. The van der Waals surface area contributed by atoms with Crippen molar-refractivity contribution in [1.82, 2.24) is 4.57 Å². The predicted octanol–water partition coefficient (Wildman–Crippen LogP) is 3.23. The summed E-state index contributed by atoms with van der Waals surface area (Å²) < 4.78 is 31.2. The minimum absolute atomic E-state index is 0.0486. The Hall–Kier alpha value is -2.44. The quantitative estimate of drug-likeness (QED) is 0.923. The van der Waals surface area contributed by atoms with Gasteiger partial charge in [-0.05, 0) is 31.7 Å². The van der Waals surface area contributed by atoms with E-state index in [2.05, 4.69) is 6.92 Å². The molecule has 1 aromatic heterocycles. The van der Waals surface area contributed by atoms with Crippen LogP contribution in [0.2, 0.25) is 0 Å². The van der Waals surface area contributed by atoms with Crippen molar-refractivity contribution in [3.05, 3.63) is 39.7 Å². The van der Waals surface area contributed by atoms with Gasteiger partial charge in [-0.25, -0.2) is 13.6 Å². The van der Waals surface area contributed by atoms with Gasteiger partial charge in [0.05, 0.1) is 10.9 Å². The first-order chi connectivity index (χ1) is 11.8. The molecule has 1 aliphatic heterocycles. The summed E-state index contributed by atoms with van der Waals surface area (Å²) in [5, 5.41) is 8.91. The van der Waals surface area contributed by atoms with Crippen LogP contribution in [0.15, 0.2) is 17.1 Å². The third-order valence-corrected chi connectivity index (χ3v) is 4.90. The Bertz CT molecular complexity index is 900. The van der Waals surface area contributed by atoms with Crippen molar-refractivity contribution in [3.8, 4) is 0 Å². The average Bonchev–Trinajstić information content (AvgIpc) is 2.57. The van der Waals surface area contributed by atoms with E-state index in [1.807, 2.05) is 0 Å². The fourth-order valence-corrected chi connectivity index (χ4v) is 3.40. The van der Waals surface area contributed by atoms with Crippen LogP contribution < -0.4 is 10.3 Å². The molecule has 7 heteroatoms. The van der Waals surface area contributed by atoms with Gasteiger partial charge in [-0.2, -0.15) is 0 Å². The van der Waals surface area contributed by atoms with Crippen molar-refractivity contribution in [3.63, 3.8) is 0 Å². The maximum Gasteiger partial charge on any atom is 0.341 e. The lowest BCUT2D eigenvalue weighted by atomic mass is 9.98. The number of aryl methyl sites for hydroxylation is 1. The number of aromatic nitrogens is 1. The van der Waals surface area contributed by atoms with Crippen LogP contribution in [-0.4, -0.2) is 28.7 Å². The summed E-state index contributed by atoms with van der Waals surface area (Å²) in [6.07, 6.45) is 2.81. The minimum atomic E-state index is -1.41. The number of carbonyl (C=O) groups is 1. The zero-order valence-corrected chi connectivity index (χ0v) is 14.2. The van der Waals surface area contributed by atoms with Crippen LogP contribution in [0.25, 0.3) is 10.9 Å². The highest BCUT2D eigenvalue weighted by Gasteiger charge is 2.26. The summed E-state index contributed by atoms with van der Waals surface area (Å²) in [6, 6.07) is 0.965. The summed E-state index contributed by atoms with van der Waals surface area (Å²) in [4.78, 5) is 25.2. The van der Waals surface area contributed by atoms with Crippen molar-refractivity contribution >= 4 is 22.6 Å². The van der Waals surface area contributed by atoms with Crippen LogP contribution in [0, 0.1) is 17.6 Å². The van der Waals surface area contributed by atoms with Crippen LogP contribution in [0.4, 0.5) is 14.5 Å². The van der Waals surface area contributed by atoms with Crippen molar-refractivity contribution in [1.29, 1.82) is 0 Å². The van der Waals surface area contributed by atoms with E-state index >= 15 is 4.39 Å². The number of rotatable bonds is 3. The van der Waals surface area contributed by atoms with Gasteiger partial charge in [0.25, 0.3) is 0 Å². The normalized spacial score (nSPS) is 15.8. The lowest BCUT2D eigenvalue weighted by Gasteiger charge is -2.33. The summed E-state index contributed by atoms with van der Waals surface area (Å²) in [7, 11) is 0. The molecule has 0 saturated carbocycles. The maximum absolute atomic E-state index is 15.2. The third-order valence-electron chi connectivity index (χ3n) is 4.90. The van der Waals surface area contributed by atoms with E-state index in [0.717, 1.165) is 25.1 Å². The summed E-state index contributed by atoms with van der Waals surface area (Å²) in [5.74, 6) is -2.54. The highest BCUT2D eigenvalue weighted by atomic mass is 19.1. The molecule has 0 bridgehead atoms. The first-order valence-electron chi connectivity index (χ1n) is 8.38. The van der Waals surface area contributed by atoms with Gasteiger partial charge in [0.1, 0.15) is 17.1 Å². The second kappa shape index (κ2) is 6.46. The number of hydrogen-bond acceptors (Lipinski definition) is 3. The van der Waals surface area contributed by atoms with Gasteiger partial charge in [0.15, 0.2) is 5.82 Å². The number of pyridine rings is 1. The molecular formula is C18H20F2N2O3. The highest BCUT2D eigenvalue weighted by Crippen LogP contribution is 2.32. The average molecular weight is 350 g/mol. The van der Waals surface area contributed by atoms with Gasteiger partial charge < -0.3 is 14.6 Å². The SMILES string of the molecule is CCn1cc(C(=O)O)c(=O)c2cc(F)c(N3CCC(C)CC3)c(F)c21. The van der Waals surface area contributed by atoms with Gasteiger partial charge in [0.2, 0.25) is 5.43 Å². The fourth-order valence-electron chi connectivity index (χ4n) is 3.40. The molecule has 25 heavy (non-hydrogen) atoms. The van der Waals surface area contributed by atoms with Gasteiger partial charge >= 0.3 is 5.97 Å². The van der Waals surface area contributed by atoms with Crippen LogP contribution in [0.5, 0.6) is 0 Å². The van der Waals surface area contributed by atoms with E-state index in [4.69, 9.17) is 5.11 Å². The first kappa shape index (κ1) is 17.4. The maximum atomic E-state index is 15.2. The molecule has 1 aliphatic rings. The van der Waals surface area contributed by atoms with Gasteiger partial charge in [-0.3, -0.25) is 4.79 Å². The molecule has 134 valence electrons. The van der Waals surface area contributed by atoms with Crippen molar-refractivity contribution in [2.24, 2.45) is 5.92 Å². The molecule has 2 heterocycles. The molecule has 0 amide bonds. The lowest BCUT2D eigenvalue weighted by molar-refractivity contribution is 0.0695. The molecule has 0 radical (unpaired) electrons. The molecule has 0 unspecified atom stereocenters. The lowest BCUT2D eigenvalue weighted by Crippen LogP contribution is -2.34. The van der Waals surface area contributed by atoms with E-state index in [1.54, 1.807) is 11.8 Å².